The van der Waals surface area contributed by atoms with Crippen LogP contribution in [0.1, 0.15) is 30.6 Å². The number of anilines is 1. The summed E-state index contributed by atoms with van der Waals surface area (Å²) in [6, 6.07) is 13.8. The molecule has 0 spiro atoms. The minimum absolute atomic E-state index is 0.0551. The van der Waals surface area contributed by atoms with Gasteiger partial charge in [-0.25, -0.2) is 0 Å². The maximum atomic E-state index is 12.4. The second-order valence-corrected chi connectivity index (χ2v) is 5.48. The molecule has 120 valence electrons. The highest BCUT2D eigenvalue weighted by Gasteiger charge is 2.19. The van der Waals surface area contributed by atoms with Crippen LogP contribution in [0.25, 0.3) is 0 Å². The summed E-state index contributed by atoms with van der Waals surface area (Å²) < 4.78 is 5.70. The first-order valence-electron chi connectivity index (χ1n) is 7.34. The maximum absolute atomic E-state index is 12.4. The van der Waals surface area contributed by atoms with Crippen molar-refractivity contribution in [2.45, 2.75) is 26.4 Å². The number of hydrogen-bond acceptors (Lipinski definition) is 3. The molecule has 0 aliphatic heterocycles. The van der Waals surface area contributed by atoms with Crippen molar-refractivity contribution in [1.82, 2.24) is 0 Å². The van der Waals surface area contributed by atoms with Crippen LogP contribution in [0.5, 0.6) is 5.75 Å². The number of para-hydroxylation sites is 1. The lowest BCUT2D eigenvalue weighted by atomic mass is 10.1. The maximum Gasteiger partial charge on any atom is 0.265 e. The van der Waals surface area contributed by atoms with E-state index in [4.69, 9.17) is 16.3 Å². The van der Waals surface area contributed by atoms with Gasteiger partial charge in [-0.2, -0.15) is 0 Å². The van der Waals surface area contributed by atoms with Crippen LogP contribution in [-0.4, -0.2) is 17.8 Å². The van der Waals surface area contributed by atoms with E-state index in [1.807, 2.05) is 6.92 Å². The highest BCUT2D eigenvalue weighted by molar-refractivity contribution is 6.32. The molecule has 0 aliphatic carbocycles. The van der Waals surface area contributed by atoms with Gasteiger partial charge in [0.2, 0.25) is 0 Å². The summed E-state index contributed by atoms with van der Waals surface area (Å²) in [6.07, 6.45) is -0.181. The molecule has 0 heterocycles. The summed E-state index contributed by atoms with van der Waals surface area (Å²) in [5.41, 5.74) is 1.10. The van der Waals surface area contributed by atoms with E-state index in [9.17, 15) is 9.59 Å². The van der Waals surface area contributed by atoms with E-state index >= 15 is 0 Å². The van der Waals surface area contributed by atoms with Crippen LogP contribution in [0, 0.1) is 0 Å². The summed E-state index contributed by atoms with van der Waals surface area (Å²) in [7, 11) is 0. The Morgan fingerprint density at radius 2 is 1.91 bits per heavy atom. The molecule has 0 radical (unpaired) electrons. The Bertz CT molecular complexity index is 715. The average molecular weight is 332 g/mol. The number of halogens is 1. The summed E-state index contributed by atoms with van der Waals surface area (Å²) in [5.74, 6) is 0.127. The number of hydrogen-bond donors (Lipinski definition) is 1. The first-order chi connectivity index (χ1) is 11.0. The van der Waals surface area contributed by atoms with Crippen LogP contribution in [-0.2, 0) is 4.79 Å². The van der Waals surface area contributed by atoms with E-state index in [0.29, 0.717) is 28.4 Å². The Morgan fingerprint density at radius 3 is 2.57 bits per heavy atom. The second-order valence-electron chi connectivity index (χ2n) is 5.07. The van der Waals surface area contributed by atoms with Gasteiger partial charge in [-0.15, -0.1) is 0 Å². The van der Waals surface area contributed by atoms with E-state index in [1.54, 1.807) is 48.5 Å². The summed E-state index contributed by atoms with van der Waals surface area (Å²) in [5, 5.41) is 3.22. The first kappa shape index (κ1) is 17.0. The van der Waals surface area contributed by atoms with Gasteiger partial charge in [-0.3, -0.25) is 9.59 Å². The standard InChI is InChI=1S/C18H18ClNO3/c1-3-16(23-17-10-5-4-9-15(17)19)18(22)20-14-8-6-7-13(11-14)12(2)21/h4-11,16H,3H2,1-2H3,(H,20,22). The third-order valence-electron chi connectivity index (χ3n) is 3.31. The molecule has 1 amide bonds. The Hall–Kier alpha value is -2.33. The van der Waals surface area contributed by atoms with Crippen LogP contribution in [0.15, 0.2) is 48.5 Å². The van der Waals surface area contributed by atoms with Crippen LogP contribution >= 0.6 is 11.6 Å². The molecular formula is C18H18ClNO3. The lowest BCUT2D eigenvalue weighted by Gasteiger charge is -2.18. The number of nitrogens with one attached hydrogen (secondary N) is 1. The normalized spacial score (nSPS) is 11.6. The number of ketones is 1. The molecular weight excluding hydrogens is 314 g/mol. The van der Waals surface area contributed by atoms with E-state index in [1.165, 1.54) is 6.92 Å². The number of amides is 1. The Kier molecular flexibility index (Phi) is 5.77. The Morgan fingerprint density at radius 1 is 1.17 bits per heavy atom. The quantitative estimate of drug-likeness (QED) is 0.801. The third kappa shape index (κ3) is 4.57. The van der Waals surface area contributed by atoms with Gasteiger partial charge in [0.15, 0.2) is 11.9 Å². The Balaban J connectivity index is 2.10. The molecule has 23 heavy (non-hydrogen) atoms. The molecule has 0 aliphatic rings. The molecule has 5 heteroatoms. The van der Waals surface area contributed by atoms with Crippen LogP contribution in [0.4, 0.5) is 5.69 Å². The zero-order valence-corrected chi connectivity index (χ0v) is 13.8. The zero-order chi connectivity index (χ0) is 16.8. The number of rotatable bonds is 6. The molecule has 0 saturated heterocycles. The molecule has 4 nitrogen and oxygen atoms in total. The molecule has 2 aromatic carbocycles. The molecule has 0 fully saturated rings. The molecule has 1 unspecified atom stereocenters. The van der Waals surface area contributed by atoms with Crippen molar-refractivity contribution in [1.29, 1.82) is 0 Å². The van der Waals surface area contributed by atoms with Gasteiger partial charge in [-0.1, -0.05) is 42.8 Å². The van der Waals surface area contributed by atoms with Crippen LogP contribution < -0.4 is 10.1 Å². The number of carbonyl (C=O) groups is 2. The lowest BCUT2D eigenvalue weighted by molar-refractivity contribution is -0.122. The van der Waals surface area contributed by atoms with E-state index in [-0.39, 0.29) is 11.7 Å². The number of Topliss-reactive ketones (excluding diaryl/α,β-unsaturated/α-hetero) is 1. The predicted octanol–water partition coefficient (Wildman–Crippen LogP) is 4.34. The van der Waals surface area contributed by atoms with Crippen molar-refractivity contribution in [2.24, 2.45) is 0 Å². The first-order valence-corrected chi connectivity index (χ1v) is 7.72. The highest BCUT2D eigenvalue weighted by Crippen LogP contribution is 2.25. The predicted molar refractivity (Wildman–Crippen MR) is 91.2 cm³/mol. The molecule has 1 N–H and O–H groups in total. The van der Waals surface area contributed by atoms with Gasteiger partial charge in [0, 0.05) is 11.3 Å². The largest absolute Gasteiger partial charge is 0.479 e. The van der Waals surface area contributed by atoms with Crippen molar-refractivity contribution < 1.29 is 14.3 Å². The van der Waals surface area contributed by atoms with Crippen LogP contribution in [0.3, 0.4) is 0 Å². The second kappa shape index (κ2) is 7.79. The van der Waals surface area contributed by atoms with Crippen molar-refractivity contribution in [2.75, 3.05) is 5.32 Å². The fourth-order valence-electron chi connectivity index (χ4n) is 2.05. The highest BCUT2D eigenvalue weighted by atomic mass is 35.5. The minimum atomic E-state index is -0.670. The topological polar surface area (TPSA) is 55.4 Å². The minimum Gasteiger partial charge on any atom is -0.479 e. The fraction of sp³-hybridized carbons (Fsp3) is 0.222. The zero-order valence-electron chi connectivity index (χ0n) is 13.0. The van der Waals surface area contributed by atoms with Crippen LogP contribution in [0.2, 0.25) is 5.02 Å². The van der Waals surface area contributed by atoms with Gasteiger partial charge in [0.1, 0.15) is 5.75 Å². The third-order valence-corrected chi connectivity index (χ3v) is 3.62. The molecule has 0 aromatic heterocycles. The van der Waals surface area contributed by atoms with Crippen molar-refractivity contribution in [3.05, 3.63) is 59.1 Å². The Labute approximate surface area is 140 Å². The van der Waals surface area contributed by atoms with Gasteiger partial charge < -0.3 is 10.1 Å². The summed E-state index contributed by atoms with van der Waals surface area (Å²) in [4.78, 5) is 23.8. The molecule has 1 atom stereocenters. The average Bonchev–Trinajstić information content (AvgIpc) is 2.54. The molecule has 0 saturated carbocycles. The van der Waals surface area contributed by atoms with Crippen molar-refractivity contribution >= 4 is 29.0 Å². The molecule has 0 bridgehead atoms. The number of ether oxygens (including phenoxy) is 1. The number of carbonyl (C=O) groups excluding carboxylic acids is 2. The van der Waals surface area contributed by atoms with Gasteiger partial charge in [0.25, 0.3) is 5.91 Å². The smallest absolute Gasteiger partial charge is 0.265 e. The molecule has 2 rings (SSSR count). The van der Waals surface area contributed by atoms with E-state index in [0.717, 1.165) is 0 Å². The summed E-state index contributed by atoms with van der Waals surface area (Å²) >= 11 is 6.05. The van der Waals surface area contributed by atoms with E-state index < -0.39 is 6.10 Å². The monoisotopic (exact) mass is 331 g/mol. The summed E-state index contributed by atoms with van der Waals surface area (Å²) in [6.45, 7) is 3.34. The van der Waals surface area contributed by atoms with Crippen molar-refractivity contribution in [3.63, 3.8) is 0 Å². The van der Waals surface area contributed by atoms with E-state index in [2.05, 4.69) is 5.32 Å². The fourth-order valence-corrected chi connectivity index (χ4v) is 2.23. The van der Waals surface area contributed by atoms with Crippen molar-refractivity contribution in [3.8, 4) is 5.75 Å². The molecule has 2 aromatic rings. The van der Waals surface area contributed by atoms with Gasteiger partial charge in [-0.05, 0) is 37.6 Å². The van der Waals surface area contributed by atoms with Gasteiger partial charge >= 0.3 is 0 Å². The lowest BCUT2D eigenvalue weighted by Crippen LogP contribution is -2.32. The number of benzene rings is 2. The van der Waals surface area contributed by atoms with Gasteiger partial charge in [0.05, 0.1) is 5.02 Å². The SMILES string of the molecule is CCC(Oc1ccccc1Cl)C(=O)Nc1cccc(C(C)=O)c1.